The molecular weight excluding hydrogens is 328 g/mol. The first kappa shape index (κ1) is 14.9. The van der Waals surface area contributed by atoms with E-state index in [0.29, 0.717) is 18.4 Å². The van der Waals surface area contributed by atoms with Crippen molar-refractivity contribution in [2.24, 2.45) is 5.92 Å². The van der Waals surface area contributed by atoms with E-state index in [-0.39, 0.29) is 10.0 Å². The molecule has 1 N–H and O–H groups in total. The van der Waals surface area contributed by atoms with E-state index in [1.807, 2.05) is 4.72 Å². The van der Waals surface area contributed by atoms with Crippen LogP contribution in [0.1, 0.15) is 23.3 Å². The number of amides is 1. The van der Waals surface area contributed by atoms with E-state index in [2.05, 4.69) is 15.0 Å². The number of nitrogens with zero attached hydrogens (tertiary/aromatic N) is 3. The van der Waals surface area contributed by atoms with E-state index in [9.17, 15) is 13.2 Å². The van der Waals surface area contributed by atoms with Crippen LogP contribution >= 0.6 is 11.3 Å². The molecule has 0 aromatic carbocycles. The van der Waals surface area contributed by atoms with E-state index in [1.54, 1.807) is 0 Å². The third kappa shape index (κ3) is 3.57. The molecule has 0 aliphatic heterocycles. The molecule has 2 aromatic heterocycles. The predicted molar refractivity (Wildman–Crippen MR) is 77.0 cm³/mol. The van der Waals surface area contributed by atoms with Gasteiger partial charge in [0.2, 0.25) is 10.2 Å². The maximum Gasteiger partial charge on any atom is 0.291 e. The van der Waals surface area contributed by atoms with Gasteiger partial charge in [0, 0.05) is 11.6 Å². The van der Waals surface area contributed by atoms with Crippen molar-refractivity contribution in [3.05, 3.63) is 29.7 Å². The lowest BCUT2D eigenvalue weighted by Gasteiger charge is -2.05. The smallest absolute Gasteiger partial charge is 0.291 e. The molecule has 0 spiro atoms. The van der Waals surface area contributed by atoms with Gasteiger partial charge in [-0.2, -0.15) is 8.42 Å². The van der Waals surface area contributed by atoms with Crippen molar-refractivity contribution in [1.29, 1.82) is 0 Å². The van der Waals surface area contributed by atoms with Crippen LogP contribution < -0.4 is 9.46 Å². The Morgan fingerprint density at radius 1 is 1.32 bits per heavy atom. The Hall–Kier alpha value is -2.07. The van der Waals surface area contributed by atoms with Gasteiger partial charge in [-0.25, -0.2) is 19.7 Å². The van der Waals surface area contributed by atoms with Crippen LogP contribution in [-0.2, 0) is 10.0 Å². The summed E-state index contributed by atoms with van der Waals surface area (Å²) in [7, 11) is -3.98. The van der Waals surface area contributed by atoms with E-state index in [1.165, 1.54) is 24.0 Å². The summed E-state index contributed by atoms with van der Waals surface area (Å²) in [6.07, 6.45) is 6.13. The van der Waals surface area contributed by atoms with Crippen LogP contribution in [-0.4, -0.2) is 35.9 Å². The maximum absolute atomic E-state index is 11.9. The zero-order valence-electron chi connectivity index (χ0n) is 11.3. The fraction of sp³-hybridized carbons (Fsp3) is 0.333. The minimum Gasteiger partial charge on any atom is -0.476 e. The fourth-order valence-electron chi connectivity index (χ4n) is 1.56. The van der Waals surface area contributed by atoms with Crippen molar-refractivity contribution in [3.63, 3.8) is 0 Å². The molecule has 10 heteroatoms. The topological polar surface area (TPSA) is 111 Å². The minimum absolute atomic E-state index is 0.112. The highest BCUT2D eigenvalue weighted by molar-refractivity contribution is 7.92. The summed E-state index contributed by atoms with van der Waals surface area (Å²) in [6.45, 7) is 0.582. The van der Waals surface area contributed by atoms with Crippen LogP contribution in [0.5, 0.6) is 5.88 Å². The molecule has 0 radical (unpaired) electrons. The first-order valence-corrected chi connectivity index (χ1v) is 8.82. The number of hydrogen-bond acceptors (Lipinski definition) is 8. The second-order valence-corrected chi connectivity index (χ2v) is 7.48. The highest BCUT2D eigenvalue weighted by atomic mass is 32.2. The lowest BCUT2D eigenvalue weighted by atomic mass is 10.4. The highest BCUT2D eigenvalue weighted by Gasteiger charge is 2.23. The van der Waals surface area contributed by atoms with Gasteiger partial charge in [-0.05, 0) is 18.8 Å². The van der Waals surface area contributed by atoms with Crippen molar-refractivity contribution < 1.29 is 17.9 Å². The van der Waals surface area contributed by atoms with Crippen LogP contribution in [0.3, 0.4) is 0 Å². The van der Waals surface area contributed by atoms with E-state index in [0.717, 1.165) is 24.2 Å². The SMILES string of the molecule is O=C(NS(=O)(=O)c1nccs1)c1cnc(OCC2CC2)cn1. The molecule has 1 fully saturated rings. The lowest BCUT2D eigenvalue weighted by Crippen LogP contribution is -2.31. The van der Waals surface area contributed by atoms with Gasteiger partial charge in [-0.3, -0.25) is 4.79 Å². The van der Waals surface area contributed by atoms with Gasteiger partial charge in [0.1, 0.15) is 5.69 Å². The number of rotatable bonds is 6. The van der Waals surface area contributed by atoms with Crippen LogP contribution in [0.2, 0.25) is 0 Å². The number of sulfonamides is 1. The number of carbonyl (C=O) groups is 1. The van der Waals surface area contributed by atoms with Crippen molar-refractivity contribution in [3.8, 4) is 5.88 Å². The number of carbonyl (C=O) groups excluding carboxylic acids is 1. The molecule has 116 valence electrons. The molecule has 0 saturated heterocycles. The van der Waals surface area contributed by atoms with Gasteiger partial charge < -0.3 is 4.74 Å². The lowest BCUT2D eigenvalue weighted by molar-refractivity contribution is 0.0976. The largest absolute Gasteiger partial charge is 0.476 e. The molecule has 22 heavy (non-hydrogen) atoms. The Kier molecular flexibility index (Phi) is 4.03. The number of aromatic nitrogens is 3. The molecule has 1 amide bonds. The molecule has 2 aromatic rings. The van der Waals surface area contributed by atoms with Gasteiger partial charge in [-0.15, -0.1) is 11.3 Å². The van der Waals surface area contributed by atoms with Crippen molar-refractivity contribution in [2.75, 3.05) is 6.61 Å². The maximum atomic E-state index is 11.9. The van der Waals surface area contributed by atoms with Gasteiger partial charge in [0.15, 0.2) is 0 Å². The molecular formula is C12H12N4O4S2. The number of thiazole rings is 1. The molecule has 0 unspecified atom stereocenters. The summed E-state index contributed by atoms with van der Waals surface area (Å²) in [5, 5.41) is 1.50. The Morgan fingerprint density at radius 3 is 2.73 bits per heavy atom. The third-order valence-electron chi connectivity index (χ3n) is 2.89. The number of nitrogens with one attached hydrogen (secondary N) is 1. The normalized spacial score (nSPS) is 14.5. The molecule has 2 heterocycles. The van der Waals surface area contributed by atoms with Crippen molar-refractivity contribution in [2.45, 2.75) is 17.2 Å². The van der Waals surface area contributed by atoms with Crippen LogP contribution in [0.25, 0.3) is 0 Å². The number of hydrogen-bond donors (Lipinski definition) is 1. The van der Waals surface area contributed by atoms with E-state index < -0.39 is 15.9 Å². The van der Waals surface area contributed by atoms with Crippen LogP contribution in [0.4, 0.5) is 0 Å². The van der Waals surface area contributed by atoms with Crippen LogP contribution in [0, 0.1) is 5.92 Å². The summed E-state index contributed by atoms with van der Waals surface area (Å²) in [4.78, 5) is 23.3. The summed E-state index contributed by atoms with van der Waals surface area (Å²) in [5.74, 6) is 0.0240. The second kappa shape index (κ2) is 5.97. The Labute approximate surface area is 130 Å². The Morgan fingerprint density at radius 2 is 2.14 bits per heavy atom. The monoisotopic (exact) mass is 340 g/mol. The zero-order valence-corrected chi connectivity index (χ0v) is 12.9. The highest BCUT2D eigenvalue weighted by Crippen LogP contribution is 2.29. The van der Waals surface area contributed by atoms with E-state index >= 15 is 0 Å². The molecule has 1 saturated carbocycles. The molecule has 8 nitrogen and oxygen atoms in total. The molecule has 3 rings (SSSR count). The summed E-state index contributed by atoms with van der Waals surface area (Å²) in [5.41, 5.74) is -0.112. The molecule has 1 aliphatic rings. The Balaban J connectivity index is 1.64. The minimum atomic E-state index is -3.98. The van der Waals surface area contributed by atoms with Gasteiger partial charge in [0.25, 0.3) is 15.9 Å². The molecule has 0 bridgehead atoms. The summed E-state index contributed by atoms with van der Waals surface area (Å²) in [6, 6.07) is 0. The van der Waals surface area contributed by atoms with E-state index in [4.69, 9.17) is 4.74 Å². The Bertz CT molecular complexity index is 755. The van der Waals surface area contributed by atoms with Gasteiger partial charge in [0.05, 0.1) is 19.0 Å². The predicted octanol–water partition coefficient (Wildman–Crippen LogP) is 0.841. The average molecular weight is 340 g/mol. The number of ether oxygens (including phenoxy) is 1. The first-order chi connectivity index (χ1) is 10.5. The molecule has 0 atom stereocenters. The van der Waals surface area contributed by atoms with Crippen LogP contribution in [0.15, 0.2) is 28.3 Å². The first-order valence-electron chi connectivity index (χ1n) is 6.46. The average Bonchev–Trinajstić information content (AvgIpc) is 3.15. The van der Waals surface area contributed by atoms with Gasteiger partial charge in [-0.1, -0.05) is 0 Å². The third-order valence-corrected chi connectivity index (χ3v) is 5.42. The summed E-state index contributed by atoms with van der Waals surface area (Å²) >= 11 is 0.915. The summed E-state index contributed by atoms with van der Waals surface area (Å²) < 4.78 is 30.8. The van der Waals surface area contributed by atoms with Gasteiger partial charge >= 0.3 is 0 Å². The fourth-order valence-corrected chi connectivity index (χ4v) is 3.35. The standard InChI is InChI=1S/C12H12N4O4S2/c17-11(16-22(18,19)12-13-3-4-21-12)9-5-15-10(6-14-9)20-7-8-1-2-8/h3-6,8H,1-2,7H2,(H,16,17). The molecule has 1 aliphatic carbocycles. The van der Waals surface area contributed by atoms with Crippen molar-refractivity contribution in [1.82, 2.24) is 19.7 Å². The second-order valence-electron chi connectivity index (χ2n) is 4.73. The zero-order chi connectivity index (χ0) is 15.6. The quantitative estimate of drug-likeness (QED) is 0.829. The van der Waals surface area contributed by atoms with Crippen molar-refractivity contribution >= 4 is 27.3 Å².